The smallest absolute Gasteiger partial charge is 0.260 e. The molecule has 106 valence electrons. The summed E-state index contributed by atoms with van der Waals surface area (Å²) in [6, 6.07) is 4.03. The van der Waals surface area contributed by atoms with Crippen molar-refractivity contribution in [2.24, 2.45) is 5.92 Å². The molecule has 0 spiro atoms. The molecule has 0 bridgehead atoms. The highest BCUT2D eigenvalue weighted by molar-refractivity contribution is 7.13. The fourth-order valence-electron chi connectivity index (χ4n) is 2.94. The number of hydrogen-bond acceptors (Lipinski definition) is 3. The maximum atomic E-state index is 4.17. The van der Waals surface area contributed by atoms with E-state index >= 15 is 0 Å². The van der Waals surface area contributed by atoms with Gasteiger partial charge in [0.05, 0.1) is 12.7 Å². The molecular formula is C16H22N3S+. The van der Waals surface area contributed by atoms with Crippen LogP contribution in [0.3, 0.4) is 0 Å². The van der Waals surface area contributed by atoms with Gasteiger partial charge in [-0.15, -0.1) is 0 Å². The highest BCUT2D eigenvalue weighted by atomic mass is 32.1. The van der Waals surface area contributed by atoms with Crippen molar-refractivity contribution in [3.8, 4) is 0 Å². The Kier molecular flexibility index (Phi) is 4.31. The second-order valence-corrected chi connectivity index (χ2v) is 6.52. The first-order valence-electron chi connectivity index (χ1n) is 7.48. The molecule has 3 rings (SSSR count). The van der Waals surface area contributed by atoms with Crippen LogP contribution in [-0.2, 0) is 6.54 Å². The molecule has 0 unspecified atom stereocenters. The molecule has 2 heterocycles. The monoisotopic (exact) mass is 288 g/mol. The van der Waals surface area contributed by atoms with E-state index in [4.69, 9.17) is 0 Å². The highest BCUT2D eigenvalue weighted by Gasteiger charge is 2.21. The predicted octanol–water partition coefficient (Wildman–Crippen LogP) is 4.06. The largest absolute Gasteiger partial charge is 0.339 e. The molecule has 1 aliphatic rings. The van der Waals surface area contributed by atoms with Crippen molar-refractivity contribution in [1.29, 1.82) is 0 Å². The third-order valence-electron chi connectivity index (χ3n) is 4.09. The fourth-order valence-corrected chi connectivity index (χ4v) is 3.87. The number of aryl methyl sites for hydroxylation is 1. The van der Waals surface area contributed by atoms with Gasteiger partial charge in [0.1, 0.15) is 11.4 Å². The van der Waals surface area contributed by atoms with Gasteiger partial charge in [-0.3, -0.25) is 4.98 Å². The van der Waals surface area contributed by atoms with E-state index in [2.05, 4.69) is 33.2 Å². The lowest BCUT2D eigenvalue weighted by Gasteiger charge is -2.20. The number of anilines is 2. The van der Waals surface area contributed by atoms with Crippen molar-refractivity contribution < 1.29 is 4.57 Å². The van der Waals surface area contributed by atoms with E-state index in [1.807, 2.05) is 12.3 Å². The molecule has 1 saturated carbocycles. The Morgan fingerprint density at radius 3 is 2.95 bits per heavy atom. The first-order valence-corrected chi connectivity index (χ1v) is 8.36. The van der Waals surface area contributed by atoms with Crippen LogP contribution in [0.2, 0.25) is 0 Å². The van der Waals surface area contributed by atoms with Gasteiger partial charge in [0.15, 0.2) is 0 Å². The lowest BCUT2D eigenvalue weighted by molar-refractivity contribution is -0.691. The van der Waals surface area contributed by atoms with Crippen LogP contribution >= 0.6 is 11.3 Å². The van der Waals surface area contributed by atoms with Gasteiger partial charge in [0.25, 0.3) is 0 Å². The van der Waals surface area contributed by atoms with E-state index < -0.39 is 0 Å². The van der Waals surface area contributed by atoms with Crippen LogP contribution in [0.25, 0.3) is 0 Å². The number of pyridine rings is 1. The summed E-state index contributed by atoms with van der Waals surface area (Å²) in [5.41, 5.74) is 2.42. The molecule has 4 heteroatoms. The number of thiazole rings is 1. The van der Waals surface area contributed by atoms with Crippen molar-refractivity contribution in [2.75, 3.05) is 5.32 Å². The van der Waals surface area contributed by atoms with E-state index in [1.54, 1.807) is 17.5 Å². The van der Waals surface area contributed by atoms with Gasteiger partial charge < -0.3 is 0 Å². The summed E-state index contributed by atoms with van der Waals surface area (Å²) in [5, 5.41) is 6.96. The summed E-state index contributed by atoms with van der Waals surface area (Å²) in [6.07, 6.45) is 10.7. The van der Waals surface area contributed by atoms with Crippen molar-refractivity contribution >= 4 is 22.2 Å². The highest BCUT2D eigenvalue weighted by Crippen LogP contribution is 2.26. The molecule has 0 amide bonds. The third-order valence-corrected chi connectivity index (χ3v) is 5.10. The van der Waals surface area contributed by atoms with Crippen LogP contribution in [-0.4, -0.2) is 4.98 Å². The Balaban J connectivity index is 1.75. The Hall–Kier alpha value is -1.42. The lowest BCUT2D eigenvalue weighted by atomic mass is 9.89. The van der Waals surface area contributed by atoms with Gasteiger partial charge in [-0.2, -0.15) is 0 Å². The second kappa shape index (κ2) is 6.35. The first kappa shape index (κ1) is 13.6. The minimum atomic E-state index is 0.844. The van der Waals surface area contributed by atoms with Crippen LogP contribution in [0.1, 0.15) is 37.8 Å². The SMILES string of the molecule is Cc1csc(Nc2cccnc2)[n+]1CC1CCCCC1. The molecule has 1 fully saturated rings. The Bertz CT molecular complexity index is 544. The zero-order chi connectivity index (χ0) is 13.8. The Morgan fingerprint density at radius 1 is 1.35 bits per heavy atom. The lowest BCUT2D eigenvalue weighted by Crippen LogP contribution is -2.40. The van der Waals surface area contributed by atoms with Crippen LogP contribution < -0.4 is 9.88 Å². The summed E-state index contributed by atoms with van der Waals surface area (Å²) in [4.78, 5) is 4.17. The summed E-state index contributed by atoms with van der Waals surface area (Å²) in [6.45, 7) is 3.35. The molecule has 0 saturated heterocycles. The maximum Gasteiger partial charge on any atom is 0.339 e. The molecule has 0 atom stereocenters. The summed E-state index contributed by atoms with van der Waals surface area (Å²) in [5.74, 6) is 0.844. The van der Waals surface area contributed by atoms with Crippen LogP contribution in [0, 0.1) is 12.8 Å². The molecule has 0 aliphatic heterocycles. The van der Waals surface area contributed by atoms with Gasteiger partial charge in [0.2, 0.25) is 0 Å². The van der Waals surface area contributed by atoms with Gasteiger partial charge in [0, 0.05) is 11.6 Å². The third kappa shape index (κ3) is 3.18. The van der Waals surface area contributed by atoms with E-state index in [1.165, 1.54) is 42.9 Å². The fraction of sp³-hybridized carbons (Fsp3) is 0.500. The van der Waals surface area contributed by atoms with Gasteiger partial charge in [-0.05, 0) is 37.8 Å². The molecule has 0 aromatic carbocycles. The quantitative estimate of drug-likeness (QED) is 0.859. The van der Waals surface area contributed by atoms with Gasteiger partial charge >= 0.3 is 5.13 Å². The maximum absolute atomic E-state index is 4.17. The second-order valence-electron chi connectivity index (χ2n) is 5.66. The number of aromatic nitrogens is 2. The number of nitrogens with one attached hydrogen (secondary N) is 1. The summed E-state index contributed by atoms with van der Waals surface area (Å²) < 4.78 is 2.44. The average molecular weight is 288 g/mol. The zero-order valence-corrected chi connectivity index (χ0v) is 12.8. The van der Waals surface area contributed by atoms with Crippen molar-refractivity contribution in [3.63, 3.8) is 0 Å². The molecular weight excluding hydrogens is 266 g/mol. The molecule has 20 heavy (non-hydrogen) atoms. The molecule has 3 nitrogen and oxygen atoms in total. The minimum Gasteiger partial charge on any atom is -0.260 e. The minimum absolute atomic E-state index is 0.844. The van der Waals surface area contributed by atoms with Crippen molar-refractivity contribution in [2.45, 2.75) is 45.6 Å². The number of hydrogen-bond donors (Lipinski definition) is 1. The zero-order valence-electron chi connectivity index (χ0n) is 12.0. The van der Waals surface area contributed by atoms with Crippen LogP contribution in [0.4, 0.5) is 10.8 Å². The number of nitrogens with zero attached hydrogens (tertiary/aromatic N) is 2. The summed E-state index contributed by atoms with van der Waals surface area (Å²) >= 11 is 1.78. The van der Waals surface area contributed by atoms with E-state index in [-0.39, 0.29) is 0 Å². The average Bonchev–Trinajstić information content (AvgIpc) is 2.83. The standard InChI is InChI=1S/C16H21N3S/c1-13-12-20-16(18-15-8-5-9-17-10-15)19(13)11-14-6-3-2-4-7-14/h5,8-10,12,14H,2-4,6-7,11H2,1H3/p+1. The molecule has 1 aliphatic carbocycles. The van der Waals surface area contributed by atoms with E-state index in [0.29, 0.717) is 0 Å². The topological polar surface area (TPSA) is 28.8 Å². The normalized spacial score (nSPS) is 16.2. The first-order chi connectivity index (χ1) is 9.83. The summed E-state index contributed by atoms with van der Waals surface area (Å²) in [7, 11) is 0. The molecule has 1 N–H and O–H groups in total. The van der Waals surface area contributed by atoms with Crippen LogP contribution in [0.5, 0.6) is 0 Å². The van der Waals surface area contributed by atoms with E-state index in [9.17, 15) is 0 Å². The molecule has 2 aromatic heterocycles. The van der Waals surface area contributed by atoms with Crippen molar-refractivity contribution in [1.82, 2.24) is 4.98 Å². The van der Waals surface area contributed by atoms with Crippen LogP contribution in [0.15, 0.2) is 29.9 Å². The Morgan fingerprint density at radius 2 is 2.20 bits per heavy atom. The Labute approximate surface area is 124 Å². The van der Waals surface area contributed by atoms with Gasteiger partial charge in [-0.1, -0.05) is 30.6 Å². The number of rotatable bonds is 4. The van der Waals surface area contributed by atoms with Gasteiger partial charge in [-0.25, -0.2) is 9.88 Å². The molecule has 2 aromatic rings. The molecule has 0 radical (unpaired) electrons. The van der Waals surface area contributed by atoms with E-state index in [0.717, 1.165) is 18.2 Å². The predicted molar refractivity (Wildman–Crippen MR) is 83.3 cm³/mol. The van der Waals surface area contributed by atoms with Crippen molar-refractivity contribution in [3.05, 3.63) is 35.6 Å².